The van der Waals surface area contributed by atoms with Gasteiger partial charge in [-0.05, 0) is 43.9 Å². The largest absolute Gasteiger partial charge is 0.345 e. The van der Waals surface area contributed by atoms with E-state index in [1.54, 1.807) is 30.1 Å². The highest BCUT2D eigenvalue weighted by atomic mass is 19.1. The monoisotopic (exact) mass is 529 g/mol. The third-order valence-electron chi connectivity index (χ3n) is 7.70. The molecule has 0 aliphatic carbocycles. The molecule has 4 aromatic rings. The summed E-state index contributed by atoms with van der Waals surface area (Å²) in [5.74, 6) is -0.258. The molecular weight excluding hydrogens is 501 g/mol. The van der Waals surface area contributed by atoms with Crippen LogP contribution in [0.1, 0.15) is 50.6 Å². The highest BCUT2D eigenvalue weighted by Crippen LogP contribution is 2.35. The zero-order chi connectivity index (χ0) is 27.4. The maximum absolute atomic E-state index is 15.4. The van der Waals surface area contributed by atoms with Crippen LogP contribution >= 0.6 is 0 Å². The lowest BCUT2D eigenvalue weighted by Gasteiger charge is -2.28. The highest BCUT2D eigenvalue weighted by Gasteiger charge is 2.37. The fourth-order valence-electron chi connectivity index (χ4n) is 5.65. The first kappa shape index (κ1) is 24.8. The molecule has 0 saturated carbocycles. The molecule has 6 heterocycles. The number of carbonyl (C=O) groups is 2. The Labute approximate surface area is 223 Å². The second-order valence-corrected chi connectivity index (χ2v) is 10.1. The minimum atomic E-state index is -0.489. The predicted molar refractivity (Wildman–Crippen MR) is 144 cm³/mol. The van der Waals surface area contributed by atoms with Gasteiger partial charge in [0.2, 0.25) is 0 Å². The number of halogens is 1. The first-order valence-electron chi connectivity index (χ1n) is 12.9. The van der Waals surface area contributed by atoms with Gasteiger partial charge in [0.15, 0.2) is 17.9 Å². The molecule has 0 saturated heterocycles. The number of amides is 1. The number of carbonyl (C=O) groups excluding carboxylic acids is 2. The number of aryl methyl sites for hydroxylation is 3. The summed E-state index contributed by atoms with van der Waals surface area (Å²) in [4.78, 5) is 44.7. The van der Waals surface area contributed by atoms with Crippen LogP contribution < -0.4 is 15.8 Å². The van der Waals surface area contributed by atoms with E-state index >= 15 is 4.39 Å². The molecular formula is C28H28FN7O3. The maximum atomic E-state index is 15.4. The van der Waals surface area contributed by atoms with Crippen LogP contribution in [0.15, 0.2) is 35.4 Å². The van der Waals surface area contributed by atoms with Gasteiger partial charge in [-0.1, -0.05) is 0 Å². The van der Waals surface area contributed by atoms with Gasteiger partial charge >= 0.3 is 0 Å². The Bertz CT molecular complexity index is 1700. The molecule has 1 amide bonds. The summed E-state index contributed by atoms with van der Waals surface area (Å²) in [5, 5.41) is 7.43. The molecule has 39 heavy (non-hydrogen) atoms. The average Bonchev–Trinajstić information content (AvgIpc) is 3.41. The van der Waals surface area contributed by atoms with Crippen molar-refractivity contribution in [1.82, 2.24) is 23.9 Å². The Hall–Kier alpha value is -4.54. The molecule has 11 heteroatoms. The lowest BCUT2D eigenvalue weighted by molar-refractivity contribution is 0.0975. The molecule has 0 radical (unpaired) electrons. The number of aromatic nitrogens is 5. The molecule has 6 rings (SSSR count). The second kappa shape index (κ2) is 9.33. The molecule has 200 valence electrons. The second-order valence-electron chi connectivity index (χ2n) is 10.1. The summed E-state index contributed by atoms with van der Waals surface area (Å²) < 4.78 is 20.5. The molecule has 0 aromatic carbocycles. The minimum absolute atomic E-state index is 0.0847. The number of nitrogens with zero attached hydrogens (tertiary/aromatic N) is 6. The zero-order valence-corrected chi connectivity index (χ0v) is 22.0. The van der Waals surface area contributed by atoms with Gasteiger partial charge < -0.3 is 14.5 Å². The van der Waals surface area contributed by atoms with E-state index in [1.165, 1.54) is 15.7 Å². The van der Waals surface area contributed by atoms with Crippen LogP contribution in [0.3, 0.4) is 0 Å². The van der Waals surface area contributed by atoms with Crippen molar-refractivity contribution in [2.45, 2.75) is 39.2 Å². The van der Waals surface area contributed by atoms with Crippen LogP contribution in [0.25, 0.3) is 11.1 Å². The molecule has 0 fully saturated rings. The van der Waals surface area contributed by atoms with Crippen LogP contribution in [0.4, 0.5) is 21.7 Å². The smallest absolute Gasteiger partial charge is 0.274 e. The van der Waals surface area contributed by atoms with Crippen molar-refractivity contribution in [1.29, 1.82) is 0 Å². The summed E-state index contributed by atoms with van der Waals surface area (Å²) in [6.07, 6.45) is 6.73. The van der Waals surface area contributed by atoms with Gasteiger partial charge in [0, 0.05) is 69.0 Å². The normalized spacial score (nSPS) is 14.8. The summed E-state index contributed by atoms with van der Waals surface area (Å²) >= 11 is 0. The van der Waals surface area contributed by atoms with Crippen LogP contribution in [-0.2, 0) is 33.5 Å². The first-order chi connectivity index (χ1) is 18.8. The fraction of sp³-hybridized carbons (Fsp3) is 0.321. The molecule has 4 aromatic heterocycles. The van der Waals surface area contributed by atoms with E-state index in [0.717, 1.165) is 24.2 Å². The van der Waals surface area contributed by atoms with Gasteiger partial charge in [-0.2, -0.15) is 5.10 Å². The lowest BCUT2D eigenvalue weighted by atomic mass is 10.0. The van der Waals surface area contributed by atoms with Gasteiger partial charge in [-0.25, -0.2) is 9.37 Å². The van der Waals surface area contributed by atoms with Gasteiger partial charge in [0.1, 0.15) is 11.5 Å². The molecule has 1 N–H and O–H groups in total. The number of hydrogen-bond acceptors (Lipinski definition) is 6. The number of aldehydes is 1. The Morgan fingerprint density at radius 3 is 2.64 bits per heavy atom. The molecule has 2 aliphatic heterocycles. The van der Waals surface area contributed by atoms with E-state index in [9.17, 15) is 14.4 Å². The molecule has 0 bridgehead atoms. The third kappa shape index (κ3) is 3.96. The Kier molecular flexibility index (Phi) is 5.93. The van der Waals surface area contributed by atoms with Gasteiger partial charge in [0.05, 0.1) is 16.8 Å². The topological polar surface area (TPSA) is 107 Å². The van der Waals surface area contributed by atoms with Crippen molar-refractivity contribution in [3.63, 3.8) is 0 Å². The fourth-order valence-corrected chi connectivity index (χ4v) is 5.65. The third-order valence-corrected chi connectivity index (χ3v) is 7.70. The maximum Gasteiger partial charge on any atom is 0.274 e. The van der Waals surface area contributed by atoms with Gasteiger partial charge in [-0.3, -0.25) is 24.0 Å². The van der Waals surface area contributed by atoms with Gasteiger partial charge in [-0.15, -0.1) is 0 Å². The average molecular weight is 530 g/mol. The highest BCUT2D eigenvalue weighted by molar-refractivity contribution is 6.10. The van der Waals surface area contributed by atoms with Crippen LogP contribution in [-0.4, -0.2) is 42.6 Å². The van der Waals surface area contributed by atoms with E-state index in [4.69, 9.17) is 0 Å². The number of anilines is 3. The summed E-state index contributed by atoms with van der Waals surface area (Å²) in [6, 6.07) is 5.14. The van der Waals surface area contributed by atoms with Crippen molar-refractivity contribution in [2.24, 2.45) is 14.1 Å². The van der Waals surface area contributed by atoms with Crippen LogP contribution in [0, 0.1) is 12.7 Å². The number of nitrogens with one attached hydrogen (secondary N) is 1. The van der Waals surface area contributed by atoms with E-state index in [0.29, 0.717) is 48.3 Å². The standard InChI is InChI=1S/C28H28FN7O3/c1-16-12-23(32-34(16)3)31-20-13-17(14-33(2)27(20)38)18-7-9-30-26(19(18)15-37)36-11-8-21-24(28(36)39)25(29)22-6-4-5-10-35(21)22/h7,9,12-15H,4-6,8,10-11H2,1-3H3,(H,31,32). The van der Waals surface area contributed by atoms with Crippen molar-refractivity contribution in [3.8, 4) is 11.1 Å². The van der Waals surface area contributed by atoms with Gasteiger partial charge in [0.25, 0.3) is 11.5 Å². The molecule has 10 nitrogen and oxygen atoms in total. The van der Waals surface area contributed by atoms with E-state index in [-0.39, 0.29) is 34.7 Å². The number of fused-ring (bicyclic) bond motifs is 3. The van der Waals surface area contributed by atoms with Crippen LogP contribution in [0.5, 0.6) is 0 Å². The first-order valence-corrected chi connectivity index (χ1v) is 12.9. The Balaban J connectivity index is 1.41. The number of rotatable bonds is 5. The molecule has 0 unspecified atom stereocenters. The van der Waals surface area contributed by atoms with Crippen molar-refractivity contribution in [3.05, 3.63) is 75.0 Å². The van der Waals surface area contributed by atoms with E-state index in [2.05, 4.69) is 15.4 Å². The van der Waals surface area contributed by atoms with Crippen molar-refractivity contribution < 1.29 is 14.0 Å². The Morgan fingerprint density at radius 1 is 1.08 bits per heavy atom. The van der Waals surface area contributed by atoms with Crippen molar-refractivity contribution in [2.75, 3.05) is 16.8 Å². The summed E-state index contributed by atoms with van der Waals surface area (Å²) in [7, 11) is 3.43. The Morgan fingerprint density at radius 2 is 1.90 bits per heavy atom. The molecule has 0 atom stereocenters. The predicted octanol–water partition coefficient (Wildman–Crippen LogP) is 3.53. The summed E-state index contributed by atoms with van der Waals surface area (Å²) in [6.45, 7) is 2.90. The SMILES string of the molecule is Cc1cc(Nc2cc(-c3ccnc(N4CCc5c(c(F)c6n5CCCC6)C4=O)c3C=O)cn(C)c2=O)nn1C. The lowest BCUT2D eigenvalue weighted by Crippen LogP contribution is -2.39. The van der Waals surface area contributed by atoms with Crippen molar-refractivity contribution >= 4 is 29.5 Å². The molecule has 0 spiro atoms. The van der Waals surface area contributed by atoms with Crippen LogP contribution in [0.2, 0.25) is 0 Å². The summed E-state index contributed by atoms with van der Waals surface area (Å²) in [5.41, 5.74) is 3.60. The minimum Gasteiger partial charge on any atom is -0.345 e. The zero-order valence-electron chi connectivity index (χ0n) is 22.0. The van der Waals surface area contributed by atoms with E-state index < -0.39 is 11.7 Å². The number of pyridine rings is 2. The van der Waals surface area contributed by atoms with E-state index in [1.807, 2.05) is 24.6 Å². The quantitative estimate of drug-likeness (QED) is 0.397. The number of hydrogen-bond donors (Lipinski definition) is 1. The molecule has 2 aliphatic rings.